The summed E-state index contributed by atoms with van der Waals surface area (Å²) in [5.41, 5.74) is 3.55. The molecular formula is C16H22BrN3O. The van der Waals surface area contributed by atoms with Gasteiger partial charge in [0.15, 0.2) is 0 Å². The molecule has 2 rings (SSSR count). The molecule has 0 saturated carbocycles. The van der Waals surface area contributed by atoms with Gasteiger partial charge in [0.05, 0.1) is 22.5 Å². The fourth-order valence-electron chi connectivity index (χ4n) is 2.25. The zero-order valence-electron chi connectivity index (χ0n) is 12.7. The van der Waals surface area contributed by atoms with Gasteiger partial charge in [-0.1, -0.05) is 6.92 Å². The van der Waals surface area contributed by atoms with Crippen molar-refractivity contribution in [1.29, 1.82) is 0 Å². The Hall–Kier alpha value is -1.20. The molecule has 0 aliphatic carbocycles. The van der Waals surface area contributed by atoms with E-state index in [0.717, 1.165) is 48.3 Å². The van der Waals surface area contributed by atoms with Crippen molar-refractivity contribution < 1.29 is 4.74 Å². The number of aryl methyl sites for hydroxylation is 3. The number of aromatic nitrogens is 3. The van der Waals surface area contributed by atoms with E-state index in [0.29, 0.717) is 6.61 Å². The van der Waals surface area contributed by atoms with E-state index in [1.165, 1.54) is 5.56 Å². The van der Waals surface area contributed by atoms with Crippen LogP contribution < -0.4 is 0 Å². The van der Waals surface area contributed by atoms with Crippen LogP contribution in [0.15, 0.2) is 29.0 Å². The summed E-state index contributed by atoms with van der Waals surface area (Å²) in [4.78, 5) is 4.02. The highest BCUT2D eigenvalue weighted by molar-refractivity contribution is 9.10. The summed E-state index contributed by atoms with van der Waals surface area (Å²) in [6.45, 7) is 6.45. The van der Waals surface area contributed by atoms with Crippen LogP contribution in [0.3, 0.4) is 0 Å². The van der Waals surface area contributed by atoms with Crippen LogP contribution in [0, 0.1) is 0 Å². The van der Waals surface area contributed by atoms with E-state index in [-0.39, 0.29) is 0 Å². The Bertz CT molecular complexity index is 554. The van der Waals surface area contributed by atoms with Crippen LogP contribution >= 0.6 is 15.9 Å². The molecule has 0 saturated heterocycles. The molecular weight excluding hydrogens is 330 g/mol. The van der Waals surface area contributed by atoms with Gasteiger partial charge < -0.3 is 4.74 Å². The topological polar surface area (TPSA) is 39.9 Å². The first-order valence-electron chi connectivity index (χ1n) is 7.47. The van der Waals surface area contributed by atoms with Gasteiger partial charge in [0.25, 0.3) is 0 Å². The molecule has 0 N–H and O–H groups in total. The van der Waals surface area contributed by atoms with Gasteiger partial charge in [-0.3, -0.25) is 9.67 Å². The van der Waals surface area contributed by atoms with Crippen molar-refractivity contribution in [2.45, 2.75) is 46.3 Å². The lowest BCUT2D eigenvalue weighted by Crippen LogP contribution is -2.06. The second-order valence-electron chi connectivity index (χ2n) is 4.89. The van der Waals surface area contributed by atoms with Gasteiger partial charge in [-0.05, 0) is 59.8 Å². The Morgan fingerprint density at radius 1 is 1.24 bits per heavy atom. The molecule has 2 aromatic rings. The minimum absolute atomic E-state index is 0.609. The molecule has 0 unspecified atom stereocenters. The molecule has 5 heteroatoms. The fourth-order valence-corrected chi connectivity index (χ4v) is 2.93. The van der Waals surface area contributed by atoms with E-state index in [1.807, 2.05) is 17.1 Å². The first kappa shape index (κ1) is 16.2. The molecule has 0 amide bonds. The first-order chi connectivity index (χ1) is 10.3. The molecule has 0 spiro atoms. The summed E-state index contributed by atoms with van der Waals surface area (Å²) < 4.78 is 8.93. The average molecular weight is 352 g/mol. The van der Waals surface area contributed by atoms with E-state index >= 15 is 0 Å². The predicted molar refractivity (Wildman–Crippen MR) is 87.2 cm³/mol. The van der Waals surface area contributed by atoms with Crippen LogP contribution in [0.1, 0.15) is 37.2 Å². The van der Waals surface area contributed by atoms with Crippen LogP contribution in [0.4, 0.5) is 0 Å². The van der Waals surface area contributed by atoms with Crippen LogP contribution in [0.25, 0.3) is 0 Å². The van der Waals surface area contributed by atoms with Gasteiger partial charge in [-0.25, -0.2) is 0 Å². The van der Waals surface area contributed by atoms with Crippen molar-refractivity contribution >= 4 is 15.9 Å². The Balaban J connectivity index is 1.79. The van der Waals surface area contributed by atoms with Crippen molar-refractivity contribution in [1.82, 2.24) is 14.8 Å². The number of pyridine rings is 1. The minimum Gasteiger partial charge on any atom is -0.375 e. The molecule has 0 radical (unpaired) electrons. The van der Waals surface area contributed by atoms with Crippen molar-refractivity contribution in [2.24, 2.45) is 0 Å². The molecule has 4 nitrogen and oxygen atoms in total. The highest BCUT2D eigenvalue weighted by Gasteiger charge is 2.13. The van der Waals surface area contributed by atoms with Crippen molar-refractivity contribution in [2.75, 3.05) is 6.61 Å². The third-order valence-corrected chi connectivity index (χ3v) is 4.35. The van der Waals surface area contributed by atoms with Crippen molar-refractivity contribution in [3.63, 3.8) is 0 Å². The Kier molecular flexibility index (Phi) is 6.39. The summed E-state index contributed by atoms with van der Waals surface area (Å²) in [6, 6.07) is 4.10. The quantitative estimate of drug-likeness (QED) is 0.679. The number of hydrogen-bond acceptors (Lipinski definition) is 3. The van der Waals surface area contributed by atoms with Gasteiger partial charge >= 0.3 is 0 Å². The molecule has 0 aliphatic heterocycles. The number of ether oxygens (including phenoxy) is 1. The molecule has 2 heterocycles. The maximum Gasteiger partial charge on any atom is 0.0896 e. The van der Waals surface area contributed by atoms with Crippen LogP contribution in [0.5, 0.6) is 0 Å². The Labute approximate surface area is 134 Å². The summed E-state index contributed by atoms with van der Waals surface area (Å²) in [7, 11) is 0. The highest BCUT2D eigenvalue weighted by Crippen LogP contribution is 2.23. The van der Waals surface area contributed by atoms with E-state index in [1.54, 1.807) is 0 Å². The lowest BCUT2D eigenvalue weighted by atomic mass is 10.1. The lowest BCUT2D eigenvalue weighted by molar-refractivity contribution is 0.112. The molecule has 0 aliphatic rings. The normalized spacial score (nSPS) is 11.0. The third-order valence-electron chi connectivity index (χ3n) is 3.44. The second kappa shape index (κ2) is 8.29. The first-order valence-corrected chi connectivity index (χ1v) is 8.26. The molecule has 114 valence electrons. The van der Waals surface area contributed by atoms with Crippen LogP contribution in [0.2, 0.25) is 0 Å². The summed E-state index contributed by atoms with van der Waals surface area (Å²) in [6.07, 6.45) is 6.64. The molecule has 21 heavy (non-hydrogen) atoms. The Morgan fingerprint density at radius 3 is 2.67 bits per heavy atom. The zero-order chi connectivity index (χ0) is 15.1. The predicted octanol–water partition coefficient (Wildman–Crippen LogP) is 3.77. The summed E-state index contributed by atoms with van der Waals surface area (Å²) in [5.74, 6) is 0. The Morgan fingerprint density at radius 2 is 2.00 bits per heavy atom. The smallest absolute Gasteiger partial charge is 0.0896 e. The molecule has 0 bridgehead atoms. The highest BCUT2D eigenvalue weighted by atomic mass is 79.9. The SMILES string of the molecule is CCc1nn(CC)c(COCCCc2ccncc2)c1Br. The number of nitrogens with zero attached hydrogens (tertiary/aromatic N) is 3. The van der Waals surface area contributed by atoms with Crippen LogP contribution in [-0.2, 0) is 30.7 Å². The second-order valence-corrected chi connectivity index (χ2v) is 5.68. The number of rotatable bonds is 8. The summed E-state index contributed by atoms with van der Waals surface area (Å²) in [5, 5.41) is 4.58. The minimum atomic E-state index is 0.609. The largest absolute Gasteiger partial charge is 0.375 e. The maximum absolute atomic E-state index is 5.82. The monoisotopic (exact) mass is 351 g/mol. The van der Waals surface area contributed by atoms with E-state index in [9.17, 15) is 0 Å². The van der Waals surface area contributed by atoms with Gasteiger partial charge in [0, 0.05) is 25.5 Å². The lowest BCUT2D eigenvalue weighted by Gasteiger charge is -2.07. The maximum atomic E-state index is 5.82. The number of halogens is 1. The van der Waals surface area contributed by atoms with Gasteiger partial charge in [-0.2, -0.15) is 5.10 Å². The van der Waals surface area contributed by atoms with E-state index in [4.69, 9.17) is 4.74 Å². The standard InChI is InChI=1S/C16H22BrN3O/c1-3-14-16(17)15(20(4-2)19-14)12-21-11-5-6-13-7-9-18-10-8-13/h7-10H,3-6,11-12H2,1-2H3. The third kappa shape index (κ3) is 4.38. The van der Waals surface area contributed by atoms with E-state index < -0.39 is 0 Å². The average Bonchev–Trinajstić information content (AvgIpc) is 2.84. The van der Waals surface area contributed by atoms with Crippen LogP contribution in [-0.4, -0.2) is 21.4 Å². The fraction of sp³-hybridized carbons (Fsp3) is 0.500. The molecule has 2 aromatic heterocycles. The van der Waals surface area contributed by atoms with Crippen molar-refractivity contribution in [3.8, 4) is 0 Å². The van der Waals surface area contributed by atoms with Gasteiger partial charge in [0.1, 0.15) is 0 Å². The molecule has 0 fully saturated rings. The summed E-state index contributed by atoms with van der Waals surface area (Å²) >= 11 is 3.64. The van der Waals surface area contributed by atoms with Gasteiger partial charge in [-0.15, -0.1) is 0 Å². The zero-order valence-corrected chi connectivity index (χ0v) is 14.3. The molecule has 0 aromatic carbocycles. The van der Waals surface area contributed by atoms with Crippen molar-refractivity contribution in [3.05, 3.63) is 46.0 Å². The van der Waals surface area contributed by atoms with E-state index in [2.05, 4.69) is 52.0 Å². The van der Waals surface area contributed by atoms with Gasteiger partial charge in [0.2, 0.25) is 0 Å². The molecule has 0 atom stereocenters. The number of hydrogen-bond donors (Lipinski definition) is 0.